The number of benzene rings is 4. The van der Waals surface area contributed by atoms with Crippen molar-refractivity contribution in [2.45, 2.75) is 6.18 Å². The SMILES string of the molecule is O=C(O)c1cccc(-c2cccc(N=Nc3c(O)n(-c4ccc(F)c(C(F)(F)F)c4)c4ccccc34)c2O)c1. The lowest BCUT2D eigenvalue weighted by Gasteiger charge is -2.12. The fourth-order valence-electron chi connectivity index (χ4n) is 4.21. The number of phenols is 1. The molecule has 0 aliphatic rings. The van der Waals surface area contributed by atoms with Crippen LogP contribution in [0.4, 0.5) is 28.9 Å². The Balaban J connectivity index is 1.61. The van der Waals surface area contributed by atoms with Crippen molar-refractivity contribution in [2.24, 2.45) is 10.2 Å². The average Bonchev–Trinajstić information content (AvgIpc) is 3.19. The third-order valence-corrected chi connectivity index (χ3v) is 6.03. The van der Waals surface area contributed by atoms with Crippen molar-refractivity contribution >= 4 is 28.2 Å². The van der Waals surface area contributed by atoms with Crippen molar-refractivity contribution in [3.8, 4) is 28.4 Å². The molecular formula is C28H17F4N3O4. The van der Waals surface area contributed by atoms with Crippen LogP contribution in [0.25, 0.3) is 27.7 Å². The Bertz CT molecular complexity index is 1780. The largest absolute Gasteiger partial charge is 0.505 e. The zero-order valence-corrected chi connectivity index (χ0v) is 19.7. The number of carboxylic acid groups (broad SMARTS) is 1. The molecule has 39 heavy (non-hydrogen) atoms. The van der Waals surface area contributed by atoms with E-state index in [-0.39, 0.29) is 39.5 Å². The van der Waals surface area contributed by atoms with E-state index in [1.807, 2.05) is 0 Å². The van der Waals surface area contributed by atoms with Gasteiger partial charge in [0.15, 0.2) is 11.4 Å². The van der Waals surface area contributed by atoms with Crippen molar-refractivity contribution in [3.63, 3.8) is 0 Å². The third-order valence-electron chi connectivity index (χ3n) is 6.03. The van der Waals surface area contributed by atoms with Crippen LogP contribution in [-0.4, -0.2) is 25.9 Å². The van der Waals surface area contributed by atoms with Crippen LogP contribution in [0.5, 0.6) is 11.6 Å². The number of nitrogens with zero attached hydrogens (tertiary/aromatic N) is 3. The molecule has 0 spiro atoms. The zero-order chi connectivity index (χ0) is 27.9. The average molecular weight is 535 g/mol. The van der Waals surface area contributed by atoms with Gasteiger partial charge in [0.25, 0.3) is 0 Å². The first-order chi connectivity index (χ1) is 18.6. The molecule has 0 bridgehead atoms. The fraction of sp³-hybridized carbons (Fsp3) is 0.0357. The highest BCUT2D eigenvalue weighted by atomic mass is 19.4. The molecule has 11 heteroatoms. The van der Waals surface area contributed by atoms with Gasteiger partial charge in [0.2, 0.25) is 5.88 Å². The van der Waals surface area contributed by atoms with Crippen LogP contribution in [0.2, 0.25) is 0 Å². The van der Waals surface area contributed by atoms with E-state index >= 15 is 0 Å². The van der Waals surface area contributed by atoms with Gasteiger partial charge < -0.3 is 15.3 Å². The monoisotopic (exact) mass is 535 g/mol. The molecule has 1 heterocycles. The lowest BCUT2D eigenvalue weighted by Crippen LogP contribution is -2.09. The summed E-state index contributed by atoms with van der Waals surface area (Å²) in [6, 6.07) is 19.2. The van der Waals surface area contributed by atoms with Crippen LogP contribution in [0.1, 0.15) is 15.9 Å². The van der Waals surface area contributed by atoms with Crippen LogP contribution in [-0.2, 0) is 6.18 Å². The Labute approximate surface area is 217 Å². The standard InChI is InChI=1S/C28H17F4N3O4/c29-21-12-11-17(14-20(21)28(30,31)32)35-23-10-2-1-7-19(23)24(26(35)37)34-33-22-9-4-8-18(25(22)36)15-5-3-6-16(13-15)27(38)39/h1-14,36-37H,(H,38,39). The predicted molar refractivity (Wildman–Crippen MR) is 135 cm³/mol. The van der Waals surface area contributed by atoms with Gasteiger partial charge in [-0.25, -0.2) is 9.18 Å². The van der Waals surface area contributed by atoms with Crippen molar-refractivity contribution in [2.75, 3.05) is 0 Å². The topological polar surface area (TPSA) is 107 Å². The molecule has 7 nitrogen and oxygen atoms in total. The number of alkyl halides is 3. The van der Waals surface area contributed by atoms with E-state index in [4.69, 9.17) is 0 Å². The number of carboxylic acids is 1. The van der Waals surface area contributed by atoms with Gasteiger partial charge in [-0.05, 0) is 48.0 Å². The van der Waals surface area contributed by atoms with Crippen LogP contribution >= 0.6 is 0 Å². The first kappa shape index (κ1) is 25.5. The minimum absolute atomic E-state index is 0.00870. The zero-order valence-electron chi connectivity index (χ0n) is 19.7. The van der Waals surface area contributed by atoms with Crippen LogP contribution in [0, 0.1) is 5.82 Å². The molecule has 196 valence electrons. The number of para-hydroxylation sites is 2. The smallest absolute Gasteiger partial charge is 0.419 e. The maximum atomic E-state index is 13.9. The van der Waals surface area contributed by atoms with Crippen LogP contribution < -0.4 is 0 Å². The van der Waals surface area contributed by atoms with Gasteiger partial charge in [0, 0.05) is 16.6 Å². The molecule has 0 aliphatic heterocycles. The second-order valence-corrected chi connectivity index (χ2v) is 8.45. The molecule has 5 aromatic rings. The van der Waals surface area contributed by atoms with Crippen molar-refractivity contribution < 1.29 is 37.7 Å². The Morgan fingerprint density at radius 2 is 1.59 bits per heavy atom. The third kappa shape index (κ3) is 4.65. The van der Waals surface area contributed by atoms with E-state index in [2.05, 4.69) is 10.2 Å². The molecule has 3 N–H and O–H groups in total. The van der Waals surface area contributed by atoms with Crippen molar-refractivity contribution in [1.29, 1.82) is 0 Å². The number of phenolic OH excluding ortho intramolecular Hbond substituents is 1. The highest BCUT2D eigenvalue weighted by Gasteiger charge is 2.34. The van der Waals surface area contributed by atoms with Gasteiger partial charge >= 0.3 is 12.1 Å². The number of halogens is 4. The summed E-state index contributed by atoms with van der Waals surface area (Å²) in [5, 5.41) is 39.6. The number of aromatic carboxylic acids is 1. The fourth-order valence-corrected chi connectivity index (χ4v) is 4.21. The number of aromatic hydroxyl groups is 2. The second-order valence-electron chi connectivity index (χ2n) is 8.45. The van der Waals surface area contributed by atoms with Crippen LogP contribution in [0.15, 0.2) is 95.2 Å². The number of aromatic nitrogens is 1. The molecule has 0 unspecified atom stereocenters. The summed E-state index contributed by atoms with van der Waals surface area (Å²) in [4.78, 5) is 11.3. The van der Waals surface area contributed by atoms with Crippen molar-refractivity contribution in [1.82, 2.24) is 4.57 Å². The Morgan fingerprint density at radius 3 is 2.33 bits per heavy atom. The summed E-state index contributed by atoms with van der Waals surface area (Å²) in [7, 11) is 0. The van der Waals surface area contributed by atoms with Crippen molar-refractivity contribution in [3.05, 3.63) is 102 Å². The molecule has 1 aromatic heterocycles. The Hall–Kier alpha value is -5.19. The number of hydrogen-bond donors (Lipinski definition) is 3. The van der Waals surface area contributed by atoms with Gasteiger partial charge in [-0.3, -0.25) is 4.57 Å². The molecule has 0 radical (unpaired) electrons. The molecule has 0 atom stereocenters. The maximum absolute atomic E-state index is 13.9. The lowest BCUT2D eigenvalue weighted by molar-refractivity contribution is -0.140. The molecule has 0 saturated carbocycles. The van der Waals surface area contributed by atoms with E-state index in [0.717, 1.165) is 10.6 Å². The maximum Gasteiger partial charge on any atom is 0.419 e. The molecule has 0 amide bonds. The molecule has 0 aliphatic carbocycles. The quantitative estimate of drug-likeness (QED) is 0.157. The van der Waals surface area contributed by atoms with E-state index in [9.17, 15) is 37.7 Å². The number of rotatable bonds is 5. The summed E-state index contributed by atoms with van der Waals surface area (Å²) >= 11 is 0. The summed E-state index contributed by atoms with van der Waals surface area (Å²) in [5.41, 5.74) is -0.742. The van der Waals surface area contributed by atoms with E-state index in [1.54, 1.807) is 36.4 Å². The first-order valence-corrected chi connectivity index (χ1v) is 11.3. The highest BCUT2D eigenvalue weighted by molar-refractivity contribution is 5.96. The first-order valence-electron chi connectivity index (χ1n) is 11.3. The molecule has 0 saturated heterocycles. The summed E-state index contributed by atoms with van der Waals surface area (Å²) in [6.45, 7) is 0. The van der Waals surface area contributed by atoms with Gasteiger partial charge in [-0.2, -0.15) is 13.2 Å². The van der Waals surface area contributed by atoms with Gasteiger partial charge in [-0.1, -0.05) is 42.5 Å². The molecular weight excluding hydrogens is 518 g/mol. The van der Waals surface area contributed by atoms with Gasteiger partial charge in [0.05, 0.1) is 16.6 Å². The summed E-state index contributed by atoms with van der Waals surface area (Å²) in [6.07, 6.45) is -4.95. The predicted octanol–water partition coefficient (Wildman–Crippen LogP) is 7.98. The molecule has 5 rings (SSSR count). The minimum Gasteiger partial charge on any atom is -0.505 e. The normalized spacial score (nSPS) is 11.9. The van der Waals surface area contributed by atoms with Crippen LogP contribution in [0.3, 0.4) is 0 Å². The van der Waals surface area contributed by atoms with Gasteiger partial charge in [0.1, 0.15) is 11.5 Å². The van der Waals surface area contributed by atoms with E-state index in [1.165, 1.54) is 30.3 Å². The van der Waals surface area contributed by atoms with Gasteiger partial charge in [-0.15, -0.1) is 10.2 Å². The highest BCUT2D eigenvalue weighted by Crippen LogP contribution is 2.44. The Morgan fingerprint density at radius 1 is 0.846 bits per heavy atom. The lowest BCUT2D eigenvalue weighted by atomic mass is 10.0. The summed E-state index contributed by atoms with van der Waals surface area (Å²) < 4.78 is 55.0. The van der Waals surface area contributed by atoms with E-state index < -0.39 is 29.4 Å². The Kier molecular flexibility index (Phi) is 6.27. The number of azo groups is 1. The number of fused-ring (bicyclic) bond motifs is 1. The number of hydrogen-bond acceptors (Lipinski definition) is 5. The molecule has 0 fully saturated rings. The molecule has 4 aromatic carbocycles. The number of carbonyl (C=O) groups is 1. The summed E-state index contributed by atoms with van der Waals surface area (Å²) in [5.74, 6) is -3.45. The van der Waals surface area contributed by atoms with E-state index in [0.29, 0.717) is 23.1 Å². The second kappa shape index (κ2) is 9.60. The minimum atomic E-state index is -4.95.